The molecule has 6 heteroatoms. The topological polar surface area (TPSA) is 51.8 Å². The van der Waals surface area contributed by atoms with Crippen molar-refractivity contribution in [2.24, 2.45) is 0 Å². The van der Waals surface area contributed by atoms with Crippen molar-refractivity contribution in [2.75, 3.05) is 0 Å². The van der Waals surface area contributed by atoms with Gasteiger partial charge in [-0.1, -0.05) is 37.6 Å². The van der Waals surface area contributed by atoms with E-state index in [9.17, 15) is 0 Å². The highest BCUT2D eigenvalue weighted by Crippen LogP contribution is 2.33. The van der Waals surface area contributed by atoms with E-state index in [2.05, 4.69) is 15.0 Å². The maximum atomic E-state index is 6.19. The van der Waals surface area contributed by atoms with Crippen LogP contribution in [0.5, 0.6) is 0 Å². The van der Waals surface area contributed by atoms with Gasteiger partial charge in [-0.15, -0.1) is 0 Å². The lowest BCUT2D eigenvalue weighted by Gasteiger charge is -2.09. The predicted molar refractivity (Wildman–Crippen MR) is 84.0 cm³/mol. The summed E-state index contributed by atoms with van der Waals surface area (Å²) in [5.41, 5.74) is 2.44. The van der Waals surface area contributed by atoms with Crippen LogP contribution in [0.1, 0.15) is 31.2 Å². The molecular formula is C15H14ClN3OS. The molecule has 1 aromatic carbocycles. The molecule has 0 unspecified atom stereocenters. The van der Waals surface area contributed by atoms with Gasteiger partial charge in [0.05, 0.1) is 0 Å². The van der Waals surface area contributed by atoms with Crippen molar-refractivity contribution in [3.8, 4) is 0 Å². The summed E-state index contributed by atoms with van der Waals surface area (Å²) >= 11 is 7.56. The number of fused-ring (bicyclic) bond motifs is 1. The second-order valence-corrected chi connectivity index (χ2v) is 6.31. The second-order valence-electron chi connectivity index (χ2n) is 5.01. The number of aromatic nitrogens is 3. The van der Waals surface area contributed by atoms with Gasteiger partial charge in [-0.05, 0) is 30.8 Å². The molecule has 3 rings (SSSR count). The summed E-state index contributed by atoms with van der Waals surface area (Å²) in [6, 6.07) is 7.67. The average Bonchev–Trinajstić information content (AvgIpc) is 2.85. The molecule has 0 radical (unpaired) electrons. The van der Waals surface area contributed by atoms with E-state index in [4.69, 9.17) is 16.0 Å². The van der Waals surface area contributed by atoms with E-state index in [1.165, 1.54) is 11.8 Å². The fourth-order valence-electron chi connectivity index (χ4n) is 1.82. The number of nitrogens with zero attached hydrogens (tertiary/aromatic N) is 3. The molecule has 4 nitrogen and oxygen atoms in total. The lowest BCUT2D eigenvalue weighted by Crippen LogP contribution is -2.01. The number of oxazole rings is 1. The summed E-state index contributed by atoms with van der Waals surface area (Å²) < 4.78 is 5.72. The third-order valence-electron chi connectivity index (χ3n) is 3.03. The van der Waals surface area contributed by atoms with Crippen LogP contribution in [0, 0.1) is 6.92 Å². The highest BCUT2D eigenvalue weighted by molar-refractivity contribution is 7.99. The minimum absolute atomic E-state index is 0.214. The molecular weight excluding hydrogens is 306 g/mol. The van der Waals surface area contributed by atoms with Crippen LogP contribution in [-0.2, 0) is 0 Å². The standard InChI is InChI=1S/C15H14ClN3OS/c1-8(2)13-18-12(16)9(3)14(19-13)21-15-17-10-6-4-5-7-11(10)20-15/h4-8H,1-3H3. The Morgan fingerprint density at radius 2 is 1.90 bits per heavy atom. The molecule has 0 aliphatic heterocycles. The molecule has 0 bridgehead atoms. The van der Waals surface area contributed by atoms with Crippen molar-refractivity contribution in [1.82, 2.24) is 15.0 Å². The number of hydrogen-bond acceptors (Lipinski definition) is 5. The number of halogens is 1. The van der Waals surface area contributed by atoms with Gasteiger partial charge in [0.2, 0.25) is 0 Å². The molecule has 3 aromatic rings. The molecule has 21 heavy (non-hydrogen) atoms. The van der Waals surface area contributed by atoms with E-state index in [1.54, 1.807) is 0 Å². The first-order chi connectivity index (χ1) is 10.0. The van der Waals surface area contributed by atoms with Gasteiger partial charge >= 0.3 is 0 Å². The fourth-order valence-corrected chi connectivity index (χ4v) is 2.88. The van der Waals surface area contributed by atoms with Gasteiger partial charge in [0.15, 0.2) is 5.58 Å². The average molecular weight is 320 g/mol. The van der Waals surface area contributed by atoms with Crippen LogP contribution in [0.3, 0.4) is 0 Å². The third kappa shape index (κ3) is 2.89. The minimum Gasteiger partial charge on any atom is -0.431 e. The molecule has 0 aliphatic rings. The maximum absolute atomic E-state index is 6.19. The monoisotopic (exact) mass is 319 g/mol. The van der Waals surface area contributed by atoms with E-state index < -0.39 is 0 Å². The molecule has 0 saturated heterocycles. The molecule has 0 atom stereocenters. The molecule has 2 heterocycles. The van der Waals surface area contributed by atoms with Crippen LogP contribution in [0.25, 0.3) is 11.1 Å². The van der Waals surface area contributed by atoms with Gasteiger partial charge in [-0.25, -0.2) is 15.0 Å². The number of para-hydroxylation sites is 2. The highest BCUT2D eigenvalue weighted by Gasteiger charge is 2.15. The lowest BCUT2D eigenvalue weighted by molar-refractivity contribution is 0.489. The molecule has 0 N–H and O–H groups in total. The van der Waals surface area contributed by atoms with Crippen LogP contribution in [-0.4, -0.2) is 15.0 Å². The first-order valence-corrected chi connectivity index (χ1v) is 7.81. The Balaban J connectivity index is 2.00. The van der Waals surface area contributed by atoms with Gasteiger partial charge in [0.25, 0.3) is 5.22 Å². The van der Waals surface area contributed by atoms with Crippen LogP contribution >= 0.6 is 23.4 Å². The van der Waals surface area contributed by atoms with Crippen molar-refractivity contribution >= 4 is 34.5 Å². The zero-order valence-corrected chi connectivity index (χ0v) is 13.5. The molecule has 0 aliphatic carbocycles. The Labute approximate surface area is 132 Å². The Hall–Kier alpha value is -1.59. The first kappa shape index (κ1) is 14.4. The van der Waals surface area contributed by atoms with Crippen molar-refractivity contribution in [2.45, 2.75) is 36.9 Å². The zero-order chi connectivity index (χ0) is 15.0. The van der Waals surface area contributed by atoms with E-state index in [1.807, 2.05) is 45.0 Å². The summed E-state index contributed by atoms with van der Waals surface area (Å²) in [7, 11) is 0. The van der Waals surface area contributed by atoms with Crippen LogP contribution in [0.2, 0.25) is 5.15 Å². The highest BCUT2D eigenvalue weighted by atomic mass is 35.5. The van der Waals surface area contributed by atoms with Gasteiger partial charge < -0.3 is 4.42 Å². The van der Waals surface area contributed by atoms with Crippen LogP contribution < -0.4 is 0 Å². The van der Waals surface area contributed by atoms with Crippen LogP contribution in [0.4, 0.5) is 0 Å². The quantitative estimate of drug-likeness (QED) is 0.646. The minimum atomic E-state index is 0.214. The summed E-state index contributed by atoms with van der Waals surface area (Å²) in [5.74, 6) is 0.940. The molecule has 0 fully saturated rings. The normalized spacial score (nSPS) is 11.5. The smallest absolute Gasteiger partial charge is 0.263 e. The van der Waals surface area contributed by atoms with Gasteiger partial charge in [0.1, 0.15) is 21.5 Å². The first-order valence-electron chi connectivity index (χ1n) is 6.62. The zero-order valence-electron chi connectivity index (χ0n) is 11.9. The summed E-state index contributed by atoms with van der Waals surface area (Å²) in [4.78, 5) is 13.3. The Morgan fingerprint density at radius 1 is 1.14 bits per heavy atom. The number of rotatable bonds is 3. The summed E-state index contributed by atoms with van der Waals surface area (Å²) in [5, 5.41) is 1.82. The van der Waals surface area contributed by atoms with E-state index in [-0.39, 0.29) is 5.92 Å². The lowest BCUT2D eigenvalue weighted by atomic mass is 10.2. The van der Waals surface area contributed by atoms with Crippen molar-refractivity contribution < 1.29 is 4.42 Å². The SMILES string of the molecule is Cc1c(Cl)nc(C(C)C)nc1Sc1nc2ccccc2o1. The fraction of sp³-hybridized carbons (Fsp3) is 0.267. The van der Waals surface area contributed by atoms with Crippen molar-refractivity contribution in [1.29, 1.82) is 0 Å². The Morgan fingerprint density at radius 3 is 2.62 bits per heavy atom. The second kappa shape index (κ2) is 5.66. The number of benzene rings is 1. The molecule has 2 aromatic heterocycles. The van der Waals surface area contributed by atoms with E-state index in [0.29, 0.717) is 10.4 Å². The largest absolute Gasteiger partial charge is 0.431 e. The van der Waals surface area contributed by atoms with E-state index >= 15 is 0 Å². The molecule has 0 saturated carbocycles. The summed E-state index contributed by atoms with van der Waals surface area (Å²) in [6.07, 6.45) is 0. The maximum Gasteiger partial charge on any atom is 0.263 e. The van der Waals surface area contributed by atoms with E-state index in [0.717, 1.165) is 27.5 Å². The predicted octanol–water partition coefficient (Wildman–Crippen LogP) is 4.85. The van der Waals surface area contributed by atoms with Gasteiger partial charge in [-0.2, -0.15) is 0 Å². The van der Waals surface area contributed by atoms with Crippen molar-refractivity contribution in [3.63, 3.8) is 0 Å². The molecule has 108 valence electrons. The molecule has 0 amide bonds. The Kier molecular flexibility index (Phi) is 3.87. The van der Waals surface area contributed by atoms with Crippen LogP contribution in [0.15, 0.2) is 38.9 Å². The molecule has 0 spiro atoms. The summed E-state index contributed by atoms with van der Waals surface area (Å²) in [6.45, 7) is 5.97. The van der Waals surface area contributed by atoms with Crippen molar-refractivity contribution in [3.05, 3.63) is 40.8 Å². The van der Waals surface area contributed by atoms with Gasteiger partial charge in [0, 0.05) is 11.5 Å². The number of hydrogen-bond donors (Lipinski definition) is 0. The Bertz CT molecular complexity index is 768. The third-order valence-corrected chi connectivity index (χ3v) is 4.34. The van der Waals surface area contributed by atoms with Gasteiger partial charge in [-0.3, -0.25) is 0 Å².